The highest BCUT2D eigenvalue weighted by atomic mass is 14.9. The second kappa shape index (κ2) is 15.6. The van der Waals surface area contributed by atoms with E-state index in [2.05, 4.69) is 142 Å². The Hall–Kier alpha value is -4.89. The van der Waals surface area contributed by atoms with E-state index >= 15 is 0 Å². The first-order valence-corrected chi connectivity index (χ1v) is 16.8. The van der Waals surface area contributed by atoms with Gasteiger partial charge in [-0.25, -0.2) is 4.99 Å². The molecule has 1 atom stereocenters. The van der Waals surface area contributed by atoms with Crippen molar-refractivity contribution in [2.24, 2.45) is 15.0 Å². The van der Waals surface area contributed by atoms with Gasteiger partial charge in [0, 0.05) is 22.9 Å². The number of allylic oxidation sites excluding steroid dienone is 8. The Bertz CT molecular complexity index is 1800. The SMILES string of the molecule is C=C/C=C(\C=C/C)c1ccc(/C(C)=N/C(=N\C(C)c2ccc(C(C)(C)c3ccc(C4=CCCC=N4)cc3)cc2)C2=CCCC=C2)cc1. The van der Waals surface area contributed by atoms with Crippen LogP contribution >= 0.6 is 0 Å². The first kappa shape index (κ1) is 33.5. The Balaban J connectivity index is 1.37. The fraction of sp³-hybridized carbons (Fsp3) is 0.250. The topological polar surface area (TPSA) is 37.1 Å². The van der Waals surface area contributed by atoms with E-state index in [0.717, 1.165) is 65.2 Å². The van der Waals surface area contributed by atoms with Gasteiger partial charge < -0.3 is 0 Å². The minimum absolute atomic E-state index is 0.0478. The molecule has 3 aromatic carbocycles. The zero-order chi connectivity index (χ0) is 33.2. The summed E-state index contributed by atoms with van der Waals surface area (Å²) in [6.07, 6.45) is 23.0. The highest BCUT2D eigenvalue weighted by Crippen LogP contribution is 2.34. The number of rotatable bonds is 10. The lowest BCUT2D eigenvalue weighted by atomic mass is 9.77. The van der Waals surface area contributed by atoms with Crippen molar-refractivity contribution in [3.8, 4) is 0 Å². The molecule has 0 bridgehead atoms. The van der Waals surface area contributed by atoms with Crippen LogP contribution in [0.25, 0.3) is 11.3 Å². The van der Waals surface area contributed by atoms with Crippen molar-refractivity contribution in [3.63, 3.8) is 0 Å². The summed E-state index contributed by atoms with van der Waals surface area (Å²) in [7, 11) is 0. The average molecular weight is 618 g/mol. The van der Waals surface area contributed by atoms with E-state index in [9.17, 15) is 0 Å². The molecule has 1 aliphatic carbocycles. The molecule has 0 radical (unpaired) electrons. The molecule has 3 aromatic rings. The van der Waals surface area contributed by atoms with Crippen LogP contribution in [-0.2, 0) is 5.41 Å². The van der Waals surface area contributed by atoms with Gasteiger partial charge in [0.15, 0.2) is 5.84 Å². The van der Waals surface area contributed by atoms with Crippen molar-refractivity contribution in [1.29, 1.82) is 0 Å². The van der Waals surface area contributed by atoms with Crippen LogP contribution in [-0.4, -0.2) is 17.8 Å². The van der Waals surface area contributed by atoms with E-state index in [1.165, 1.54) is 22.3 Å². The van der Waals surface area contributed by atoms with E-state index in [1.54, 1.807) is 0 Å². The van der Waals surface area contributed by atoms with Gasteiger partial charge in [-0.15, -0.1) is 0 Å². The van der Waals surface area contributed by atoms with E-state index in [1.807, 2.05) is 31.4 Å². The molecule has 1 unspecified atom stereocenters. The maximum Gasteiger partial charge on any atom is 0.155 e. The van der Waals surface area contributed by atoms with E-state index in [0.29, 0.717) is 0 Å². The van der Waals surface area contributed by atoms with Crippen LogP contribution in [0.1, 0.15) is 99.7 Å². The van der Waals surface area contributed by atoms with Crippen molar-refractivity contribution in [2.75, 3.05) is 0 Å². The van der Waals surface area contributed by atoms with Gasteiger partial charge >= 0.3 is 0 Å². The Morgan fingerprint density at radius 1 is 0.851 bits per heavy atom. The molecular formula is C44H47N3. The van der Waals surface area contributed by atoms with Gasteiger partial charge in [0.2, 0.25) is 0 Å². The number of nitrogens with zero attached hydrogens (tertiary/aromatic N) is 3. The molecule has 3 nitrogen and oxygen atoms in total. The molecule has 0 saturated carbocycles. The summed E-state index contributed by atoms with van der Waals surface area (Å²) >= 11 is 0. The molecule has 0 amide bonds. The molecule has 2 aliphatic rings. The lowest BCUT2D eigenvalue weighted by Gasteiger charge is -2.27. The van der Waals surface area contributed by atoms with Crippen LogP contribution < -0.4 is 0 Å². The van der Waals surface area contributed by atoms with Crippen LogP contribution in [0.4, 0.5) is 0 Å². The molecule has 5 rings (SSSR count). The fourth-order valence-corrected chi connectivity index (χ4v) is 5.99. The maximum atomic E-state index is 5.20. The highest BCUT2D eigenvalue weighted by molar-refractivity contribution is 6.12. The molecule has 0 fully saturated rings. The normalized spacial score (nSPS) is 16.7. The molecular weight excluding hydrogens is 571 g/mol. The van der Waals surface area contributed by atoms with E-state index in [4.69, 9.17) is 9.98 Å². The van der Waals surface area contributed by atoms with Gasteiger partial charge in [0.1, 0.15) is 0 Å². The minimum Gasteiger partial charge on any atom is -0.261 e. The summed E-state index contributed by atoms with van der Waals surface area (Å²) in [4.78, 5) is 14.9. The summed E-state index contributed by atoms with van der Waals surface area (Å²) in [5, 5.41) is 0. The molecule has 0 N–H and O–H groups in total. The Kier molecular flexibility index (Phi) is 11.1. The van der Waals surface area contributed by atoms with Gasteiger partial charge in [0.25, 0.3) is 0 Å². The largest absolute Gasteiger partial charge is 0.261 e. The summed E-state index contributed by atoms with van der Waals surface area (Å²) in [5.41, 5.74) is 11.2. The zero-order valence-corrected chi connectivity index (χ0v) is 28.6. The van der Waals surface area contributed by atoms with Gasteiger partial charge in [-0.1, -0.05) is 142 Å². The lowest BCUT2D eigenvalue weighted by molar-refractivity contribution is 0.639. The summed E-state index contributed by atoms with van der Waals surface area (Å²) < 4.78 is 0. The number of hydrogen-bond acceptors (Lipinski definition) is 2. The molecule has 1 aliphatic heterocycles. The van der Waals surface area contributed by atoms with Crippen molar-refractivity contribution in [3.05, 3.63) is 167 Å². The quantitative estimate of drug-likeness (QED) is 0.123. The number of amidine groups is 1. The Morgan fingerprint density at radius 2 is 1.51 bits per heavy atom. The van der Waals surface area contributed by atoms with Crippen molar-refractivity contribution in [2.45, 2.75) is 71.8 Å². The third-order valence-electron chi connectivity index (χ3n) is 9.00. The first-order valence-electron chi connectivity index (χ1n) is 16.8. The third kappa shape index (κ3) is 8.29. The number of hydrogen-bond donors (Lipinski definition) is 0. The third-order valence-corrected chi connectivity index (χ3v) is 9.00. The smallest absolute Gasteiger partial charge is 0.155 e. The van der Waals surface area contributed by atoms with Crippen LogP contribution in [0.5, 0.6) is 0 Å². The van der Waals surface area contributed by atoms with Crippen molar-refractivity contribution in [1.82, 2.24) is 0 Å². The second-order valence-corrected chi connectivity index (χ2v) is 12.7. The standard InChI is InChI=1S/C44H47N3/c1-7-14-36(15-8-2)37-21-19-34(20-22-37)32(3)46-43(39-16-10-9-11-17-39)47-33(4)35-23-27-40(28-24-35)44(5,6)41-29-25-38(26-30-41)42-18-12-13-31-45-42/h7-8,10,14-31,33H,1,9,11-13H2,2-6H3/b15-8-,36-14+,46-32+,47-43-. The van der Waals surface area contributed by atoms with E-state index < -0.39 is 0 Å². The van der Waals surface area contributed by atoms with Crippen LogP contribution in [0, 0.1) is 0 Å². The second-order valence-electron chi connectivity index (χ2n) is 12.7. The monoisotopic (exact) mass is 617 g/mol. The van der Waals surface area contributed by atoms with Crippen LogP contribution in [0.15, 0.2) is 149 Å². The predicted molar refractivity (Wildman–Crippen MR) is 205 cm³/mol. The maximum absolute atomic E-state index is 5.20. The number of aliphatic imine (C=N–C) groups is 3. The molecule has 47 heavy (non-hydrogen) atoms. The van der Waals surface area contributed by atoms with Crippen LogP contribution in [0.2, 0.25) is 0 Å². The number of benzene rings is 3. The molecule has 3 heteroatoms. The first-order chi connectivity index (χ1) is 22.8. The van der Waals surface area contributed by atoms with Crippen molar-refractivity contribution < 1.29 is 0 Å². The molecule has 0 spiro atoms. The summed E-state index contributed by atoms with van der Waals surface area (Å²) in [6.45, 7) is 14.7. The minimum atomic E-state index is -0.136. The molecule has 0 aromatic heterocycles. The summed E-state index contributed by atoms with van der Waals surface area (Å²) in [6, 6.07) is 26.3. The average Bonchev–Trinajstić information content (AvgIpc) is 3.12. The predicted octanol–water partition coefficient (Wildman–Crippen LogP) is 11.6. The summed E-state index contributed by atoms with van der Waals surface area (Å²) in [5.74, 6) is 0.776. The van der Waals surface area contributed by atoms with Gasteiger partial charge in [0.05, 0.1) is 11.7 Å². The highest BCUT2D eigenvalue weighted by Gasteiger charge is 2.23. The lowest BCUT2D eigenvalue weighted by Crippen LogP contribution is -2.19. The van der Waals surface area contributed by atoms with Gasteiger partial charge in [-0.2, -0.15) is 0 Å². The fourth-order valence-electron chi connectivity index (χ4n) is 5.99. The molecule has 1 heterocycles. The van der Waals surface area contributed by atoms with Crippen LogP contribution in [0.3, 0.4) is 0 Å². The van der Waals surface area contributed by atoms with E-state index in [-0.39, 0.29) is 11.5 Å². The molecule has 238 valence electrons. The Labute approximate surface area is 282 Å². The van der Waals surface area contributed by atoms with Crippen molar-refractivity contribution >= 4 is 29.0 Å². The molecule has 0 saturated heterocycles. The Morgan fingerprint density at radius 3 is 2.11 bits per heavy atom. The zero-order valence-electron chi connectivity index (χ0n) is 28.6. The van der Waals surface area contributed by atoms with Gasteiger partial charge in [-0.05, 0) is 85.4 Å². The van der Waals surface area contributed by atoms with Gasteiger partial charge in [-0.3, -0.25) is 9.98 Å².